The number of amidine groups is 2. The molecule has 0 spiro atoms. The van der Waals surface area contributed by atoms with Crippen LogP contribution in [-0.4, -0.2) is 38.7 Å². The maximum absolute atomic E-state index is 13.4. The highest BCUT2D eigenvalue weighted by atomic mass is 32.2. The van der Waals surface area contributed by atoms with Gasteiger partial charge < -0.3 is 5.32 Å². The Balaban J connectivity index is 1.26. The summed E-state index contributed by atoms with van der Waals surface area (Å²) in [7, 11) is 0. The SMILES string of the molecule is O=C(CCC1N=C2c3ccccc3N=C(SCc3ccc([N+](=O)[O-])cc3)N2C1=O)NCc1ccc(F)cc1. The van der Waals surface area contributed by atoms with Crippen molar-refractivity contribution in [3.05, 3.63) is 105 Å². The van der Waals surface area contributed by atoms with E-state index in [0.29, 0.717) is 22.4 Å². The van der Waals surface area contributed by atoms with Crippen LogP contribution in [0.3, 0.4) is 0 Å². The first kappa shape index (κ1) is 25.3. The number of hydrogen-bond acceptors (Lipinski definition) is 7. The standard InChI is InChI=1S/C27H22FN5O4S/c28-19-9-5-17(6-10-19)15-29-24(34)14-13-23-26(35)32-25(30-23)21-3-1-2-4-22(21)31-27(32)38-16-18-7-11-20(12-8-18)33(36)37/h1-12,23H,13-16H2,(H,29,34). The molecule has 1 atom stereocenters. The van der Waals surface area contributed by atoms with E-state index in [2.05, 4.69) is 15.3 Å². The molecule has 192 valence electrons. The summed E-state index contributed by atoms with van der Waals surface area (Å²) in [6.07, 6.45) is 0.336. The molecule has 3 aromatic carbocycles. The summed E-state index contributed by atoms with van der Waals surface area (Å²) in [5, 5.41) is 14.2. The number of carbonyl (C=O) groups excluding carboxylic acids is 2. The molecule has 9 nitrogen and oxygen atoms in total. The van der Waals surface area contributed by atoms with Gasteiger partial charge in [0.2, 0.25) is 5.91 Å². The lowest BCUT2D eigenvalue weighted by molar-refractivity contribution is -0.384. The summed E-state index contributed by atoms with van der Waals surface area (Å²) in [6.45, 7) is 0.266. The molecule has 2 aliphatic rings. The molecule has 38 heavy (non-hydrogen) atoms. The van der Waals surface area contributed by atoms with Gasteiger partial charge in [0.25, 0.3) is 11.6 Å². The third-order valence-electron chi connectivity index (χ3n) is 6.11. The van der Waals surface area contributed by atoms with E-state index in [-0.39, 0.29) is 42.7 Å². The van der Waals surface area contributed by atoms with Crippen molar-refractivity contribution < 1.29 is 18.9 Å². The molecule has 2 aliphatic heterocycles. The Kier molecular flexibility index (Phi) is 7.27. The first-order valence-electron chi connectivity index (χ1n) is 11.9. The van der Waals surface area contributed by atoms with Gasteiger partial charge in [0.15, 0.2) is 5.17 Å². The van der Waals surface area contributed by atoms with E-state index in [4.69, 9.17) is 0 Å². The average Bonchev–Trinajstić information content (AvgIpc) is 3.27. The molecule has 2 amide bonds. The predicted octanol–water partition coefficient (Wildman–Crippen LogP) is 4.72. The van der Waals surface area contributed by atoms with Crippen LogP contribution in [0.4, 0.5) is 15.8 Å². The second kappa shape index (κ2) is 10.9. The van der Waals surface area contributed by atoms with Crippen LogP contribution in [0.5, 0.6) is 0 Å². The molecule has 1 N–H and O–H groups in total. The number of non-ortho nitro benzene ring substituents is 1. The van der Waals surface area contributed by atoms with Crippen LogP contribution < -0.4 is 5.32 Å². The van der Waals surface area contributed by atoms with Gasteiger partial charge in [-0.3, -0.25) is 24.7 Å². The molecule has 0 radical (unpaired) electrons. The van der Waals surface area contributed by atoms with Crippen LogP contribution in [0.15, 0.2) is 82.8 Å². The molecule has 11 heteroatoms. The fourth-order valence-corrected chi connectivity index (χ4v) is 5.06. The summed E-state index contributed by atoms with van der Waals surface area (Å²) >= 11 is 1.34. The minimum Gasteiger partial charge on any atom is -0.352 e. The molecule has 0 aromatic heterocycles. The van der Waals surface area contributed by atoms with Crippen LogP contribution in [0.2, 0.25) is 0 Å². The van der Waals surface area contributed by atoms with E-state index >= 15 is 0 Å². The van der Waals surface area contributed by atoms with Gasteiger partial charge in [-0.1, -0.05) is 48.2 Å². The van der Waals surface area contributed by atoms with Crippen molar-refractivity contribution in [3.63, 3.8) is 0 Å². The number of hydrogen-bond donors (Lipinski definition) is 1. The first-order valence-corrected chi connectivity index (χ1v) is 12.8. The van der Waals surface area contributed by atoms with Gasteiger partial charge >= 0.3 is 0 Å². The van der Waals surface area contributed by atoms with Crippen molar-refractivity contribution in [2.45, 2.75) is 31.2 Å². The molecular formula is C27H22FN5O4S. The molecule has 0 saturated carbocycles. The lowest BCUT2D eigenvalue weighted by atomic mass is 10.1. The molecule has 0 bridgehead atoms. The number of para-hydroxylation sites is 1. The van der Waals surface area contributed by atoms with E-state index in [9.17, 15) is 24.1 Å². The van der Waals surface area contributed by atoms with Crippen LogP contribution in [0.1, 0.15) is 29.5 Å². The maximum atomic E-state index is 13.4. The molecule has 1 unspecified atom stereocenters. The zero-order valence-corrected chi connectivity index (χ0v) is 20.9. The van der Waals surface area contributed by atoms with Crippen molar-refractivity contribution in [1.29, 1.82) is 0 Å². The Hall–Kier alpha value is -4.38. The van der Waals surface area contributed by atoms with Gasteiger partial charge in [-0.25, -0.2) is 14.3 Å². The van der Waals surface area contributed by atoms with Gasteiger partial charge in [-0.15, -0.1) is 0 Å². The number of rotatable bonds is 8. The van der Waals surface area contributed by atoms with E-state index < -0.39 is 11.0 Å². The Morgan fingerprint density at radius 1 is 1.05 bits per heavy atom. The fourth-order valence-electron chi connectivity index (χ4n) is 4.11. The first-order chi connectivity index (χ1) is 18.4. The second-order valence-corrected chi connectivity index (χ2v) is 9.65. The van der Waals surface area contributed by atoms with Crippen LogP contribution in [0.25, 0.3) is 0 Å². The van der Waals surface area contributed by atoms with Crippen molar-refractivity contribution in [2.75, 3.05) is 0 Å². The van der Waals surface area contributed by atoms with Crippen LogP contribution in [0, 0.1) is 15.9 Å². The number of aliphatic imine (C=N–C) groups is 2. The molecular weight excluding hydrogens is 509 g/mol. The summed E-state index contributed by atoms with van der Waals surface area (Å²) in [4.78, 5) is 47.1. The number of fused-ring (bicyclic) bond motifs is 3. The number of nitro benzene ring substituents is 1. The lowest BCUT2D eigenvalue weighted by Crippen LogP contribution is -2.41. The van der Waals surface area contributed by atoms with E-state index in [1.807, 2.05) is 24.3 Å². The molecule has 0 fully saturated rings. The Bertz CT molecular complexity index is 1460. The smallest absolute Gasteiger partial charge is 0.269 e. The molecule has 3 aromatic rings. The van der Waals surface area contributed by atoms with E-state index in [0.717, 1.165) is 16.7 Å². The number of benzene rings is 3. The lowest BCUT2D eigenvalue weighted by Gasteiger charge is -2.25. The normalized spacial score (nSPS) is 15.9. The Morgan fingerprint density at radius 3 is 2.50 bits per heavy atom. The number of carbonyl (C=O) groups is 2. The number of halogens is 1. The Morgan fingerprint density at radius 2 is 1.76 bits per heavy atom. The summed E-state index contributed by atoms with van der Waals surface area (Å²) in [5.41, 5.74) is 3.07. The third-order valence-corrected chi connectivity index (χ3v) is 7.12. The molecule has 5 rings (SSSR count). The van der Waals surface area contributed by atoms with Gasteiger partial charge in [-0.05, 0) is 41.8 Å². The highest BCUT2D eigenvalue weighted by Crippen LogP contribution is 2.35. The maximum Gasteiger partial charge on any atom is 0.269 e. The number of nitro groups is 1. The van der Waals surface area contributed by atoms with Crippen molar-refractivity contribution in [1.82, 2.24) is 10.2 Å². The summed E-state index contributed by atoms with van der Waals surface area (Å²) in [5.74, 6) is 0.131. The molecule has 2 heterocycles. The van der Waals surface area contributed by atoms with Gasteiger partial charge in [-0.2, -0.15) is 0 Å². The van der Waals surface area contributed by atoms with Crippen molar-refractivity contribution in [3.8, 4) is 0 Å². The third kappa shape index (κ3) is 5.47. The number of thioether (sulfide) groups is 1. The molecule has 0 aliphatic carbocycles. The quantitative estimate of drug-likeness (QED) is 0.333. The highest BCUT2D eigenvalue weighted by Gasteiger charge is 2.41. The van der Waals surface area contributed by atoms with Crippen LogP contribution in [-0.2, 0) is 21.9 Å². The van der Waals surface area contributed by atoms with Gasteiger partial charge in [0.1, 0.15) is 17.7 Å². The summed E-state index contributed by atoms with van der Waals surface area (Å²) < 4.78 is 13.1. The summed E-state index contributed by atoms with van der Waals surface area (Å²) in [6, 6.07) is 18.8. The van der Waals surface area contributed by atoms with Crippen molar-refractivity contribution >= 4 is 46.0 Å². The zero-order chi connectivity index (χ0) is 26.6. The topological polar surface area (TPSA) is 117 Å². The number of nitrogens with one attached hydrogen (secondary N) is 1. The highest BCUT2D eigenvalue weighted by molar-refractivity contribution is 8.13. The predicted molar refractivity (Wildman–Crippen MR) is 143 cm³/mol. The van der Waals surface area contributed by atoms with E-state index in [1.165, 1.54) is 40.9 Å². The zero-order valence-electron chi connectivity index (χ0n) is 20.0. The van der Waals surface area contributed by atoms with Crippen molar-refractivity contribution in [2.24, 2.45) is 9.98 Å². The minimum atomic E-state index is -0.724. The van der Waals surface area contributed by atoms with E-state index in [1.54, 1.807) is 24.3 Å². The minimum absolute atomic E-state index is 0.0105. The number of amides is 2. The average molecular weight is 532 g/mol. The largest absolute Gasteiger partial charge is 0.352 e. The monoisotopic (exact) mass is 531 g/mol. The number of nitrogens with zero attached hydrogens (tertiary/aromatic N) is 4. The molecule has 0 saturated heterocycles. The second-order valence-electron chi connectivity index (χ2n) is 8.71. The van der Waals surface area contributed by atoms with Gasteiger partial charge in [0, 0.05) is 36.4 Å². The fraction of sp³-hybridized carbons (Fsp3) is 0.185. The van der Waals surface area contributed by atoms with Gasteiger partial charge in [0.05, 0.1) is 10.6 Å². The Labute approximate surface area is 221 Å². The van der Waals surface area contributed by atoms with Crippen LogP contribution >= 0.6 is 11.8 Å².